The van der Waals surface area contributed by atoms with Crippen molar-refractivity contribution in [3.05, 3.63) is 41.6 Å². The molecule has 2 atom stereocenters. The summed E-state index contributed by atoms with van der Waals surface area (Å²) in [7, 11) is 1.92. The number of aromatic nitrogens is 2. The molecule has 114 valence electrons. The van der Waals surface area contributed by atoms with Gasteiger partial charge in [-0.3, -0.25) is 4.68 Å². The van der Waals surface area contributed by atoms with Crippen LogP contribution in [0.5, 0.6) is 0 Å². The molecule has 1 fully saturated rings. The van der Waals surface area contributed by atoms with Crippen LogP contribution in [0.1, 0.15) is 29.6 Å². The first-order chi connectivity index (χ1) is 10.3. The molecule has 2 aromatic heterocycles. The van der Waals surface area contributed by atoms with E-state index < -0.39 is 0 Å². The molecule has 0 bridgehead atoms. The van der Waals surface area contributed by atoms with Crippen molar-refractivity contribution in [2.75, 3.05) is 13.2 Å². The first kappa shape index (κ1) is 14.3. The highest BCUT2D eigenvalue weighted by molar-refractivity contribution is 5.11. The molecule has 2 N–H and O–H groups in total. The third-order valence-electron chi connectivity index (χ3n) is 3.85. The van der Waals surface area contributed by atoms with Gasteiger partial charge in [0.15, 0.2) is 0 Å². The number of nitrogens with one attached hydrogen (secondary N) is 1. The average molecular weight is 291 g/mol. The molecule has 3 rings (SSSR count). The molecule has 0 unspecified atom stereocenters. The lowest BCUT2D eigenvalue weighted by Gasteiger charge is -2.17. The topological polar surface area (TPSA) is 72.5 Å². The van der Waals surface area contributed by atoms with Crippen molar-refractivity contribution in [1.29, 1.82) is 0 Å². The minimum atomic E-state index is -0.0560. The minimum Gasteiger partial charge on any atom is -0.462 e. The predicted octanol–water partition coefficient (Wildman–Crippen LogP) is 1.37. The fraction of sp³-hybridized carbons (Fsp3) is 0.533. The number of ether oxygens (including phenoxy) is 1. The normalized spacial score (nSPS) is 22.0. The van der Waals surface area contributed by atoms with Gasteiger partial charge in [0.25, 0.3) is 0 Å². The van der Waals surface area contributed by atoms with Gasteiger partial charge in [-0.1, -0.05) is 0 Å². The number of hydrogen-bond acceptors (Lipinski definition) is 5. The quantitative estimate of drug-likeness (QED) is 0.841. The first-order valence-corrected chi connectivity index (χ1v) is 7.25. The van der Waals surface area contributed by atoms with Gasteiger partial charge < -0.3 is 19.6 Å². The standard InChI is InChI=1S/C15H21N3O3/c1-18-9-12(7-17-18)15-11(4-5-20-15)6-16-8-13-2-3-14(10-19)21-13/h2-3,7,9,11,15-16,19H,4-6,8,10H2,1H3/t11-,15-/m1/s1. The predicted molar refractivity (Wildman–Crippen MR) is 76.3 cm³/mol. The lowest BCUT2D eigenvalue weighted by atomic mass is 9.97. The summed E-state index contributed by atoms with van der Waals surface area (Å²) < 4.78 is 13.1. The van der Waals surface area contributed by atoms with Crippen LogP contribution in [0.25, 0.3) is 0 Å². The number of furan rings is 1. The van der Waals surface area contributed by atoms with Gasteiger partial charge in [-0.2, -0.15) is 5.10 Å². The van der Waals surface area contributed by atoms with Gasteiger partial charge in [0.2, 0.25) is 0 Å². The summed E-state index contributed by atoms with van der Waals surface area (Å²) in [5, 5.41) is 16.6. The van der Waals surface area contributed by atoms with E-state index in [2.05, 4.69) is 10.4 Å². The number of aliphatic hydroxyl groups excluding tert-OH is 1. The Morgan fingerprint density at radius 2 is 2.29 bits per heavy atom. The maximum Gasteiger partial charge on any atom is 0.129 e. The summed E-state index contributed by atoms with van der Waals surface area (Å²) in [6.07, 6.45) is 5.06. The third kappa shape index (κ3) is 3.34. The highest BCUT2D eigenvalue weighted by Crippen LogP contribution is 2.33. The summed E-state index contributed by atoms with van der Waals surface area (Å²) >= 11 is 0. The van der Waals surface area contributed by atoms with Crippen LogP contribution in [0.2, 0.25) is 0 Å². The van der Waals surface area contributed by atoms with E-state index in [1.54, 1.807) is 10.7 Å². The molecule has 21 heavy (non-hydrogen) atoms. The van der Waals surface area contributed by atoms with Crippen LogP contribution in [-0.4, -0.2) is 28.0 Å². The Morgan fingerprint density at radius 3 is 3.00 bits per heavy atom. The summed E-state index contributed by atoms with van der Waals surface area (Å²) in [6.45, 7) is 2.27. The molecule has 1 aliphatic heterocycles. The molecule has 0 spiro atoms. The lowest BCUT2D eigenvalue weighted by molar-refractivity contribution is 0.0902. The van der Waals surface area contributed by atoms with E-state index in [1.165, 1.54) is 0 Å². The van der Waals surface area contributed by atoms with Crippen LogP contribution >= 0.6 is 0 Å². The Morgan fingerprint density at radius 1 is 1.43 bits per heavy atom. The number of rotatable bonds is 6. The van der Waals surface area contributed by atoms with Crippen LogP contribution in [0.3, 0.4) is 0 Å². The van der Waals surface area contributed by atoms with Gasteiger partial charge in [-0.25, -0.2) is 0 Å². The molecule has 0 radical (unpaired) electrons. The van der Waals surface area contributed by atoms with E-state index in [-0.39, 0.29) is 12.7 Å². The maximum absolute atomic E-state index is 8.97. The van der Waals surface area contributed by atoms with Crippen LogP contribution < -0.4 is 5.32 Å². The molecule has 2 aromatic rings. The summed E-state index contributed by atoms with van der Waals surface area (Å²) in [4.78, 5) is 0. The van der Waals surface area contributed by atoms with Crippen molar-refractivity contribution < 1.29 is 14.3 Å². The monoisotopic (exact) mass is 291 g/mol. The van der Waals surface area contributed by atoms with Crippen LogP contribution in [0.15, 0.2) is 28.9 Å². The zero-order valence-electron chi connectivity index (χ0n) is 12.2. The number of aryl methyl sites for hydroxylation is 1. The number of aliphatic hydroxyl groups is 1. The molecule has 0 aromatic carbocycles. The van der Waals surface area contributed by atoms with E-state index >= 15 is 0 Å². The van der Waals surface area contributed by atoms with Gasteiger partial charge in [-0.15, -0.1) is 0 Å². The van der Waals surface area contributed by atoms with Gasteiger partial charge in [-0.05, 0) is 18.6 Å². The van der Waals surface area contributed by atoms with Crippen molar-refractivity contribution in [2.45, 2.75) is 25.7 Å². The molecule has 6 nitrogen and oxygen atoms in total. The van der Waals surface area contributed by atoms with Crippen molar-refractivity contribution in [2.24, 2.45) is 13.0 Å². The maximum atomic E-state index is 8.97. The van der Waals surface area contributed by atoms with Crippen LogP contribution in [-0.2, 0) is 24.9 Å². The van der Waals surface area contributed by atoms with E-state index in [1.807, 2.05) is 25.5 Å². The molecule has 0 aliphatic carbocycles. The number of hydrogen-bond donors (Lipinski definition) is 2. The van der Waals surface area contributed by atoms with E-state index in [9.17, 15) is 0 Å². The Hall–Kier alpha value is -1.63. The van der Waals surface area contributed by atoms with Crippen molar-refractivity contribution in [1.82, 2.24) is 15.1 Å². The van der Waals surface area contributed by atoms with Crippen molar-refractivity contribution >= 4 is 0 Å². The second kappa shape index (κ2) is 6.43. The average Bonchev–Trinajstić information content (AvgIpc) is 3.19. The molecular formula is C15H21N3O3. The zero-order valence-corrected chi connectivity index (χ0v) is 12.2. The molecule has 1 aliphatic rings. The van der Waals surface area contributed by atoms with Crippen LogP contribution in [0.4, 0.5) is 0 Å². The van der Waals surface area contributed by atoms with E-state index in [0.29, 0.717) is 18.2 Å². The summed E-state index contributed by atoms with van der Waals surface area (Å²) in [6, 6.07) is 3.69. The van der Waals surface area contributed by atoms with Crippen LogP contribution in [0, 0.1) is 5.92 Å². The Bertz CT molecular complexity index is 578. The second-order valence-corrected chi connectivity index (χ2v) is 5.44. The van der Waals surface area contributed by atoms with Crippen molar-refractivity contribution in [3.8, 4) is 0 Å². The fourth-order valence-corrected chi connectivity index (χ4v) is 2.78. The van der Waals surface area contributed by atoms with Gasteiger partial charge in [0.05, 0.1) is 18.8 Å². The van der Waals surface area contributed by atoms with Gasteiger partial charge in [0.1, 0.15) is 18.1 Å². The fourth-order valence-electron chi connectivity index (χ4n) is 2.78. The van der Waals surface area contributed by atoms with Gasteiger partial charge in [0, 0.05) is 37.9 Å². The molecule has 0 amide bonds. The number of nitrogens with zero attached hydrogens (tertiary/aromatic N) is 2. The molecular weight excluding hydrogens is 270 g/mol. The van der Waals surface area contributed by atoms with Crippen molar-refractivity contribution in [3.63, 3.8) is 0 Å². The molecule has 0 saturated carbocycles. The second-order valence-electron chi connectivity index (χ2n) is 5.44. The third-order valence-corrected chi connectivity index (χ3v) is 3.85. The molecule has 6 heteroatoms. The zero-order chi connectivity index (χ0) is 14.7. The smallest absolute Gasteiger partial charge is 0.129 e. The largest absolute Gasteiger partial charge is 0.462 e. The highest BCUT2D eigenvalue weighted by atomic mass is 16.5. The van der Waals surface area contributed by atoms with Gasteiger partial charge >= 0.3 is 0 Å². The van der Waals surface area contributed by atoms with E-state index in [0.717, 1.165) is 30.9 Å². The molecule has 3 heterocycles. The Kier molecular flexibility index (Phi) is 4.38. The van der Waals surface area contributed by atoms with E-state index in [4.69, 9.17) is 14.3 Å². The minimum absolute atomic E-state index is 0.0560. The molecule has 1 saturated heterocycles. The summed E-state index contributed by atoms with van der Waals surface area (Å²) in [5.74, 6) is 1.89. The Labute approximate surface area is 123 Å². The lowest BCUT2D eigenvalue weighted by Crippen LogP contribution is -2.24. The summed E-state index contributed by atoms with van der Waals surface area (Å²) in [5.41, 5.74) is 1.14. The Balaban J connectivity index is 1.52. The first-order valence-electron chi connectivity index (χ1n) is 7.25. The highest BCUT2D eigenvalue weighted by Gasteiger charge is 2.30. The SMILES string of the molecule is Cn1cc([C@@H]2OCC[C@@H]2CNCc2ccc(CO)o2)cn1.